The van der Waals surface area contributed by atoms with E-state index < -0.39 is 5.41 Å². The molecule has 5 nitrogen and oxygen atoms in total. The van der Waals surface area contributed by atoms with Crippen molar-refractivity contribution in [3.05, 3.63) is 107 Å². The van der Waals surface area contributed by atoms with Crippen LogP contribution in [0, 0.1) is 0 Å². The first-order chi connectivity index (χ1) is 15.2. The molecule has 3 aromatic heterocycles. The number of nitrogens with zero attached hydrogens (tertiary/aromatic N) is 3. The molecule has 4 heterocycles. The molecule has 0 radical (unpaired) electrons. The summed E-state index contributed by atoms with van der Waals surface area (Å²) < 4.78 is 0. The second-order valence-electron chi connectivity index (χ2n) is 7.69. The number of halogens is 3. The summed E-state index contributed by atoms with van der Waals surface area (Å²) in [6.45, 7) is 0. The van der Waals surface area contributed by atoms with Crippen LogP contribution in [0.3, 0.4) is 0 Å². The van der Waals surface area contributed by atoms with E-state index in [1.54, 1.807) is 31.0 Å². The fourth-order valence-corrected chi connectivity index (χ4v) is 4.48. The molecule has 0 aliphatic carbocycles. The molecule has 1 N–H and O–H groups in total. The molecule has 1 aliphatic rings. The van der Waals surface area contributed by atoms with E-state index in [1.165, 1.54) is 0 Å². The molecule has 1 aliphatic heterocycles. The lowest BCUT2D eigenvalue weighted by molar-refractivity contribution is -0.120. The maximum Gasteiger partial charge on any atom is 0.237 e. The van der Waals surface area contributed by atoms with Gasteiger partial charge in [-0.3, -0.25) is 14.8 Å². The standard InChI is InChI=1S/C25H19ClN4O.2ClH/c26-20-3-1-19(2-4-20)21-9-14-29-23-22(21)25(24(31)30-23,15-17-5-10-27-11-6-17)16-18-7-12-28-13-8-18;;/h1-14H,15-16H2,(H,29,30,31);2*1H. The second kappa shape index (κ2) is 10.3. The molecule has 0 spiro atoms. The molecule has 8 heteroatoms. The van der Waals surface area contributed by atoms with Crippen LogP contribution in [0.25, 0.3) is 11.1 Å². The maximum atomic E-state index is 13.6. The van der Waals surface area contributed by atoms with Gasteiger partial charge < -0.3 is 5.32 Å². The van der Waals surface area contributed by atoms with Crippen molar-refractivity contribution in [2.45, 2.75) is 18.3 Å². The van der Waals surface area contributed by atoms with Gasteiger partial charge in [-0.1, -0.05) is 23.7 Å². The predicted molar refractivity (Wildman–Crippen MR) is 135 cm³/mol. The third-order valence-corrected chi connectivity index (χ3v) is 6.01. The summed E-state index contributed by atoms with van der Waals surface area (Å²) in [5.41, 5.74) is 4.14. The molecule has 33 heavy (non-hydrogen) atoms. The van der Waals surface area contributed by atoms with Crippen molar-refractivity contribution in [1.82, 2.24) is 15.0 Å². The Kier molecular flexibility index (Phi) is 7.69. The van der Waals surface area contributed by atoms with Crippen LogP contribution in [0.15, 0.2) is 85.6 Å². The average molecular weight is 500 g/mol. The van der Waals surface area contributed by atoms with Crippen molar-refractivity contribution >= 4 is 48.1 Å². The molecular weight excluding hydrogens is 479 g/mol. The molecule has 5 rings (SSSR count). The van der Waals surface area contributed by atoms with Crippen LogP contribution in [-0.4, -0.2) is 20.9 Å². The number of rotatable bonds is 5. The number of fused-ring (bicyclic) bond motifs is 1. The molecular formula is C25H21Cl3N4O. The number of carbonyl (C=O) groups is 1. The molecule has 0 bridgehead atoms. The van der Waals surface area contributed by atoms with Crippen LogP contribution in [0.5, 0.6) is 0 Å². The van der Waals surface area contributed by atoms with E-state index in [0.717, 1.165) is 27.8 Å². The molecule has 168 valence electrons. The highest BCUT2D eigenvalue weighted by molar-refractivity contribution is 6.30. The normalized spacial score (nSPS) is 13.3. The number of amides is 1. The first kappa shape index (κ1) is 24.6. The Morgan fingerprint density at radius 2 is 1.30 bits per heavy atom. The van der Waals surface area contributed by atoms with Crippen LogP contribution in [0.1, 0.15) is 16.7 Å². The van der Waals surface area contributed by atoms with E-state index in [2.05, 4.69) is 20.3 Å². The quantitative estimate of drug-likeness (QED) is 0.382. The molecule has 0 unspecified atom stereocenters. The average Bonchev–Trinajstić information content (AvgIpc) is 3.07. The van der Waals surface area contributed by atoms with E-state index in [0.29, 0.717) is 23.7 Å². The van der Waals surface area contributed by atoms with Gasteiger partial charge in [0, 0.05) is 41.6 Å². The molecule has 0 saturated heterocycles. The van der Waals surface area contributed by atoms with E-state index in [4.69, 9.17) is 11.6 Å². The summed E-state index contributed by atoms with van der Waals surface area (Å²) in [6.07, 6.45) is 9.82. The third kappa shape index (κ3) is 4.71. The zero-order chi connectivity index (χ0) is 21.3. The zero-order valence-corrected chi connectivity index (χ0v) is 19.8. The minimum atomic E-state index is -0.818. The van der Waals surface area contributed by atoms with Crippen LogP contribution in [0.4, 0.5) is 5.82 Å². The predicted octanol–water partition coefficient (Wildman–Crippen LogP) is 5.71. The number of anilines is 1. The van der Waals surface area contributed by atoms with Crippen molar-refractivity contribution in [2.75, 3.05) is 5.32 Å². The van der Waals surface area contributed by atoms with E-state index >= 15 is 0 Å². The summed E-state index contributed by atoms with van der Waals surface area (Å²) in [5, 5.41) is 3.71. The summed E-state index contributed by atoms with van der Waals surface area (Å²) >= 11 is 6.12. The highest BCUT2D eigenvalue weighted by atomic mass is 35.5. The van der Waals surface area contributed by atoms with E-state index in [9.17, 15) is 4.79 Å². The van der Waals surface area contributed by atoms with Crippen LogP contribution in [-0.2, 0) is 23.1 Å². The minimum Gasteiger partial charge on any atom is -0.310 e. The lowest BCUT2D eigenvalue weighted by atomic mass is 9.70. The Hall–Kier alpha value is -2.99. The monoisotopic (exact) mass is 498 g/mol. The topological polar surface area (TPSA) is 67.8 Å². The highest BCUT2D eigenvalue weighted by Gasteiger charge is 2.49. The Balaban J connectivity index is 0.00000153. The van der Waals surface area contributed by atoms with Gasteiger partial charge in [0.25, 0.3) is 0 Å². The van der Waals surface area contributed by atoms with Gasteiger partial charge in [-0.05, 0) is 77.6 Å². The Labute approximate surface area is 209 Å². The first-order valence-corrected chi connectivity index (χ1v) is 10.4. The highest BCUT2D eigenvalue weighted by Crippen LogP contribution is 2.46. The van der Waals surface area contributed by atoms with Crippen molar-refractivity contribution in [3.8, 4) is 11.1 Å². The fourth-order valence-electron chi connectivity index (χ4n) is 4.35. The van der Waals surface area contributed by atoms with Gasteiger partial charge in [0.15, 0.2) is 0 Å². The van der Waals surface area contributed by atoms with Gasteiger partial charge >= 0.3 is 0 Å². The summed E-state index contributed by atoms with van der Waals surface area (Å²) in [7, 11) is 0. The summed E-state index contributed by atoms with van der Waals surface area (Å²) in [5.74, 6) is 0.561. The SMILES string of the molecule is Cl.Cl.O=C1Nc2nccc(-c3ccc(Cl)cc3)c2C1(Cc1ccncc1)Cc1ccncc1. The van der Waals surface area contributed by atoms with Crippen LogP contribution < -0.4 is 5.32 Å². The molecule has 4 aromatic rings. The van der Waals surface area contributed by atoms with Crippen molar-refractivity contribution in [3.63, 3.8) is 0 Å². The van der Waals surface area contributed by atoms with Gasteiger partial charge in [-0.2, -0.15) is 0 Å². The van der Waals surface area contributed by atoms with Gasteiger partial charge in [-0.25, -0.2) is 4.98 Å². The number of hydrogen-bond donors (Lipinski definition) is 1. The van der Waals surface area contributed by atoms with Crippen LogP contribution in [0.2, 0.25) is 5.02 Å². The first-order valence-electron chi connectivity index (χ1n) is 10.0. The third-order valence-electron chi connectivity index (χ3n) is 5.76. The van der Waals surface area contributed by atoms with Gasteiger partial charge in [0.05, 0.1) is 5.41 Å². The second-order valence-corrected chi connectivity index (χ2v) is 8.13. The Morgan fingerprint density at radius 1 is 0.758 bits per heavy atom. The van der Waals surface area contributed by atoms with Crippen molar-refractivity contribution < 1.29 is 4.79 Å². The zero-order valence-electron chi connectivity index (χ0n) is 17.4. The van der Waals surface area contributed by atoms with Gasteiger partial charge in [0.1, 0.15) is 5.82 Å². The fraction of sp³-hybridized carbons (Fsp3) is 0.120. The largest absolute Gasteiger partial charge is 0.310 e. The Morgan fingerprint density at radius 3 is 1.85 bits per heavy atom. The number of benzene rings is 1. The van der Waals surface area contributed by atoms with E-state index in [-0.39, 0.29) is 30.7 Å². The van der Waals surface area contributed by atoms with Crippen molar-refractivity contribution in [1.29, 1.82) is 0 Å². The number of carbonyl (C=O) groups excluding carboxylic acids is 1. The maximum absolute atomic E-state index is 13.6. The van der Waals surface area contributed by atoms with Crippen LogP contribution >= 0.6 is 36.4 Å². The van der Waals surface area contributed by atoms with Gasteiger partial charge in [0.2, 0.25) is 5.91 Å². The molecule has 0 fully saturated rings. The van der Waals surface area contributed by atoms with Gasteiger partial charge in [-0.15, -0.1) is 24.8 Å². The lowest BCUT2D eigenvalue weighted by Crippen LogP contribution is -2.39. The Bertz CT molecular complexity index is 1190. The van der Waals surface area contributed by atoms with Crippen molar-refractivity contribution in [2.24, 2.45) is 0 Å². The summed E-state index contributed by atoms with van der Waals surface area (Å²) in [4.78, 5) is 26.4. The minimum absolute atomic E-state index is 0. The number of pyridine rings is 3. The van der Waals surface area contributed by atoms with E-state index in [1.807, 2.05) is 54.6 Å². The smallest absolute Gasteiger partial charge is 0.237 e. The molecule has 1 aromatic carbocycles. The molecule has 0 saturated carbocycles. The summed E-state index contributed by atoms with van der Waals surface area (Å²) in [6, 6.07) is 17.5. The molecule has 1 amide bonds. The number of nitrogens with one attached hydrogen (secondary N) is 1. The lowest BCUT2D eigenvalue weighted by Gasteiger charge is -2.29. The molecule has 0 atom stereocenters. The number of aromatic nitrogens is 3. The number of hydrogen-bond acceptors (Lipinski definition) is 4.